The predicted molar refractivity (Wildman–Crippen MR) is 77.6 cm³/mol. The quantitative estimate of drug-likeness (QED) is 0.887. The number of nitrogens with zero attached hydrogens (tertiary/aromatic N) is 1. The van der Waals surface area contributed by atoms with Gasteiger partial charge < -0.3 is 10.1 Å². The van der Waals surface area contributed by atoms with Crippen LogP contribution in [0.4, 0.5) is 0 Å². The molecule has 0 aliphatic rings. The third kappa shape index (κ3) is 3.80. The summed E-state index contributed by atoms with van der Waals surface area (Å²) in [4.78, 5) is 4.15. The van der Waals surface area contributed by atoms with Gasteiger partial charge in [-0.2, -0.15) is 0 Å². The standard InChI is InChI=1S/C16H20N2O/c1-4-17-10-14-11-18-6-5-16(14)19-15-8-12(2)7-13(3)9-15/h5-9,11,17H,4,10H2,1-3H3. The van der Waals surface area contributed by atoms with E-state index in [2.05, 4.69) is 37.1 Å². The molecule has 0 aliphatic carbocycles. The van der Waals surface area contributed by atoms with Crippen molar-refractivity contribution in [3.05, 3.63) is 53.3 Å². The van der Waals surface area contributed by atoms with Gasteiger partial charge >= 0.3 is 0 Å². The minimum absolute atomic E-state index is 0.768. The molecular formula is C16H20N2O. The Bertz CT molecular complexity index is 532. The van der Waals surface area contributed by atoms with Crippen molar-refractivity contribution in [1.82, 2.24) is 10.3 Å². The summed E-state index contributed by atoms with van der Waals surface area (Å²) in [6, 6.07) is 8.14. The van der Waals surface area contributed by atoms with Gasteiger partial charge in [0.25, 0.3) is 0 Å². The molecular weight excluding hydrogens is 236 g/mol. The van der Waals surface area contributed by atoms with Crippen LogP contribution in [0.1, 0.15) is 23.6 Å². The highest BCUT2D eigenvalue weighted by Crippen LogP contribution is 2.26. The largest absolute Gasteiger partial charge is 0.457 e. The molecule has 19 heavy (non-hydrogen) atoms. The van der Waals surface area contributed by atoms with Crippen LogP contribution in [0.5, 0.6) is 11.5 Å². The molecule has 2 rings (SSSR count). The highest BCUT2D eigenvalue weighted by molar-refractivity contribution is 5.39. The van der Waals surface area contributed by atoms with E-state index in [0.29, 0.717) is 0 Å². The Balaban J connectivity index is 2.22. The Morgan fingerprint density at radius 1 is 1.16 bits per heavy atom. The zero-order valence-corrected chi connectivity index (χ0v) is 11.7. The van der Waals surface area contributed by atoms with Crippen LogP contribution in [0.3, 0.4) is 0 Å². The SMILES string of the molecule is CCNCc1cnccc1Oc1cc(C)cc(C)c1. The van der Waals surface area contributed by atoms with Gasteiger partial charge in [-0.15, -0.1) is 0 Å². The maximum absolute atomic E-state index is 5.99. The molecule has 3 nitrogen and oxygen atoms in total. The minimum atomic E-state index is 0.768. The van der Waals surface area contributed by atoms with Crippen LogP contribution in [0, 0.1) is 13.8 Å². The van der Waals surface area contributed by atoms with Crippen molar-refractivity contribution in [2.24, 2.45) is 0 Å². The molecule has 100 valence electrons. The maximum atomic E-state index is 5.99. The Labute approximate surface area is 114 Å². The molecule has 1 heterocycles. The average Bonchev–Trinajstić information content (AvgIpc) is 2.36. The van der Waals surface area contributed by atoms with Gasteiger partial charge in [-0.3, -0.25) is 4.98 Å². The molecule has 0 saturated heterocycles. The minimum Gasteiger partial charge on any atom is -0.457 e. The second-order valence-electron chi connectivity index (χ2n) is 4.69. The predicted octanol–water partition coefficient (Wildman–Crippen LogP) is 3.60. The molecule has 0 spiro atoms. The van der Waals surface area contributed by atoms with E-state index in [1.54, 1.807) is 6.20 Å². The van der Waals surface area contributed by atoms with Gasteiger partial charge in [0.05, 0.1) is 0 Å². The number of ether oxygens (including phenoxy) is 1. The number of benzene rings is 1. The first-order chi connectivity index (χ1) is 9.19. The first-order valence-electron chi connectivity index (χ1n) is 6.59. The van der Waals surface area contributed by atoms with E-state index in [0.717, 1.165) is 30.2 Å². The van der Waals surface area contributed by atoms with Gasteiger partial charge in [-0.1, -0.05) is 13.0 Å². The van der Waals surface area contributed by atoms with E-state index in [-0.39, 0.29) is 0 Å². The fourth-order valence-electron chi connectivity index (χ4n) is 2.03. The van der Waals surface area contributed by atoms with Crippen LogP contribution in [0.2, 0.25) is 0 Å². The lowest BCUT2D eigenvalue weighted by Crippen LogP contribution is -2.12. The molecule has 0 unspecified atom stereocenters. The second-order valence-corrected chi connectivity index (χ2v) is 4.69. The molecule has 0 fully saturated rings. The van der Waals surface area contributed by atoms with Crippen molar-refractivity contribution in [3.63, 3.8) is 0 Å². The van der Waals surface area contributed by atoms with Crippen molar-refractivity contribution in [2.45, 2.75) is 27.3 Å². The first-order valence-corrected chi connectivity index (χ1v) is 6.59. The van der Waals surface area contributed by atoms with E-state index in [1.165, 1.54) is 11.1 Å². The molecule has 1 aromatic heterocycles. The Kier molecular flexibility index (Phi) is 4.53. The lowest BCUT2D eigenvalue weighted by atomic mass is 10.1. The van der Waals surface area contributed by atoms with Crippen molar-refractivity contribution in [3.8, 4) is 11.5 Å². The fraction of sp³-hybridized carbons (Fsp3) is 0.312. The number of hydrogen-bond donors (Lipinski definition) is 1. The third-order valence-electron chi connectivity index (χ3n) is 2.85. The zero-order valence-electron chi connectivity index (χ0n) is 11.7. The number of aryl methyl sites for hydroxylation is 2. The van der Waals surface area contributed by atoms with Gasteiger partial charge in [-0.05, 0) is 49.7 Å². The molecule has 0 radical (unpaired) electrons. The lowest BCUT2D eigenvalue weighted by Gasteiger charge is -2.12. The van der Waals surface area contributed by atoms with Crippen LogP contribution in [-0.4, -0.2) is 11.5 Å². The summed E-state index contributed by atoms with van der Waals surface area (Å²) in [5.41, 5.74) is 3.48. The normalized spacial score (nSPS) is 10.5. The summed E-state index contributed by atoms with van der Waals surface area (Å²) in [5, 5.41) is 3.29. The summed E-state index contributed by atoms with van der Waals surface area (Å²) in [7, 11) is 0. The number of rotatable bonds is 5. The number of aromatic nitrogens is 1. The highest BCUT2D eigenvalue weighted by Gasteiger charge is 2.05. The van der Waals surface area contributed by atoms with E-state index in [9.17, 15) is 0 Å². The average molecular weight is 256 g/mol. The van der Waals surface area contributed by atoms with E-state index >= 15 is 0 Å². The molecule has 0 atom stereocenters. The van der Waals surface area contributed by atoms with Gasteiger partial charge in [0, 0.05) is 24.5 Å². The molecule has 0 amide bonds. The molecule has 0 bridgehead atoms. The molecule has 3 heteroatoms. The molecule has 0 aliphatic heterocycles. The topological polar surface area (TPSA) is 34.2 Å². The van der Waals surface area contributed by atoms with Crippen LogP contribution in [-0.2, 0) is 6.54 Å². The monoisotopic (exact) mass is 256 g/mol. The molecule has 2 aromatic rings. The Morgan fingerprint density at radius 3 is 2.58 bits per heavy atom. The summed E-state index contributed by atoms with van der Waals surface area (Å²) in [6.45, 7) is 7.93. The number of pyridine rings is 1. The van der Waals surface area contributed by atoms with Crippen LogP contribution >= 0.6 is 0 Å². The van der Waals surface area contributed by atoms with Gasteiger partial charge in [0.1, 0.15) is 11.5 Å². The first kappa shape index (κ1) is 13.6. The van der Waals surface area contributed by atoms with Crippen molar-refractivity contribution >= 4 is 0 Å². The fourth-order valence-corrected chi connectivity index (χ4v) is 2.03. The van der Waals surface area contributed by atoms with E-state index in [1.807, 2.05) is 24.4 Å². The van der Waals surface area contributed by atoms with Gasteiger partial charge in [-0.25, -0.2) is 0 Å². The van der Waals surface area contributed by atoms with Gasteiger partial charge in [0.2, 0.25) is 0 Å². The summed E-state index contributed by atoms with van der Waals surface area (Å²) in [5.74, 6) is 1.74. The zero-order chi connectivity index (χ0) is 13.7. The second kappa shape index (κ2) is 6.34. The van der Waals surface area contributed by atoms with Crippen molar-refractivity contribution < 1.29 is 4.74 Å². The molecule has 1 N–H and O–H groups in total. The summed E-state index contributed by atoms with van der Waals surface area (Å²) in [6.07, 6.45) is 3.61. The van der Waals surface area contributed by atoms with Crippen LogP contribution < -0.4 is 10.1 Å². The molecule has 1 aromatic carbocycles. The number of hydrogen-bond acceptors (Lipinski definition) is 3. The van der Waals surface area contributed by atoms with Gasteiger partial charge in [0.15, 0.2) is 0 Å². The Hall–Kier alpha value is -1.87. The smallest absolute Gasteiger partial charge is 0.134 e. The highest BCUT2D eigenvalue weighted by atomic mass is 16.5. The van der Waals surface area contributed by atoms with E-state index in [4.69, 9.17) is 4.74 Å². The summed E-state index contributed by atoms with van der Waals surface area (Å²) >= 11 is 0. The van der Waals surface area contributed by atoms with Crippen molar-refractivity contribution in [1.29, 1.82) is 0 Å². The Morgan fingerprint density at radius 2 is 1.89 bits per heavy atom. The van der Waals surface area contributed by atoms with Crippen LogP contribution in [0.15, 0.2) is 36.7 Å². The van der Waals surface area contributed by atoms with Crippen LogP contribution in [0.25, 0.3) is 0 Å². The lowest BCUT2D eigenvalue weighted by molar-refractivity contribution is 0.471. The van der Waals surface area contributed by atoms with Crippen molar-refractivity contribution in [2.75, 3.05) is 6.54 Å². The summed E-state index contributed by atoms with van der Waals surface area (Å²) < 4.78 is 5.99. The maximum Gasteiger partial charge on any atom is 0.134 e. The third-order valence-corrected chi connectivity index (χ3v) is 2.85. The number of nitrogens with one attached hydrogen (secondary N) is 1. The molecule has 0 saturated carbocycles. The van der Waals surface area contributed by atoms with E-state index < -0.39 is 0 Å².